The average Bonchev–Trinajstić information content (AvgIpc) is 2.38. The maximum absolute atomic E-state index is 11.3. The van der Waals surface area contributed by atoms with Crippen molar-refractivity contribution in [2.75, 3.05) is 0 Å². The number of aliphatic carboxylic acids is 1. The molecule has 1 aliphatic heterocycles. The fourth-order valence-corrected chi connectivity index (χ4v) is 2.54. The zero-order valence-corrected chi connectivity index (χ0v) is 13.0. The number of carbonyl (C=O) groups is 3. The molecular formula is C13H22N2O8. The van der Waals surface area contributed by atoms with Gasteiger partial charge in [0.05, 0.1) is 24.3 Å². The number of carboxylic acid groups (broad SMARTS) is 1. The molecule has 0 aliphatic carbocycles. The molecule has 0 aromatic rings. The van der Waals surface area contributed by atoms with Gasteiger partial charge >= 0.3 is 5.97 Å². The van der Waals surface area contributed by atoms with E-state index in [2.05, 4.69) is 10.6 Å². The van der Waals surface area contributed by atoms with E-state index < -0.39 is 60.4 Å². The van der Waals surface area contributed by atoms with Crippen molar-refractivity contribution in [1.29, 1.82) is 0 Å². The molecule has 10 heteroatoms. The first-order valence-electron chi connectivity index (χ1n) is 7.02. The summed E-state index contributed by atoms with van der Waals surface area (Å²) in [7, 11) is 0. The summed E-state index contributed by atoms with van der Waals surface area (Å²) in [6.45, 7) is 3.67. The quantitative estimate of drug-likeness (QED) is 0.316. The van der Waals surface area contributed by atoms with Crippen molar-refractivity contribution >= 4 is 17.8 Å². The normalized spacial score (nSPS) is 33.4. The fraction of sp³-hybridized carbons (Fsp3) is 0.769. The van der Waals surface area contributed by atoms with E-state index in [1.807, 2.05) is 0 Å². The maximum Gasteiger partial charge on any atom is 0.364 e. The molecule has 0 aromatic carbocycles. The first-order valence-corrected chi connectivity index (χ1v) is 7.02. The van der Waals surface area contributed by atoms with Gasteiger partial charge in [0.15, 0.2) is 0 Å². The molecule has 1 saturated heterocycles. The predicted octanol–water partition coefficient (Wildman–Crippen LogP) is -2.70. The number of nitrogens with one attached hydrogen (secondary N) is 2. The zero-order chi connectivity index (χ0) is 17.9. The number of ether oxygens (including phenoxy) is 1. The van der Waals surface area contributed by atoms with Crippen molar-refractivity contribution in [2.24, 2.45) is 0 Å². The minimum absolute atomic E-state index is 0.532. The van der Waals surface area contributed by atoms with Crippen LogP contribution in [0.25, 0.3) is 0 Å². The Kier molecular flexibility index (Phi) is 6.05. The van der Waals surface area contributed by atoms with Gasteiger partial charge in [0.1, 0.15) is 6.10 Å². The number of carboxylic acids is 1. The molecule has 6 N–H and O–H groups in total. The third kappa shape index (κ3) is 4.61. The lowest BCUT2D eigenvalue weighted by Crippen LogP contribution is -2.69. The van der Waals surface area contributed by atoms with Gasteiger partial charge in [-0.25, -0.2) is 4.79 Å². The standard InChI is InChI=1S/C13H22N2O8/c1-5(16)9(14-6(2)17)11-10(15-7(3)18)8(19)4-13(22,23-11)12(20)21/h5,8-11,16,19,22H,4H2,1-3H3,(H,14,17)(H,15,18)(H,20,21)/t5-,8+,9-,10-,11-,13?/m0/s1. The Morgan fingerprint density at radius 1 is 1.26 bits per heavy atom. The van der Waals surface area contributed by atoms with E-state index in [-0.39, 0.29) is 0 Å². The number of aliphatic hydroxyl groups excluding tert-OH is 2. The Morgan fingerprint density at radius 2 is 1.83 bits per heavy atom. The molecule has 6 atom stereocenters. The molecule has 1 aliphatic rings. The molecule has 0 aromatic heterocycles. The Morgan fingerprint density at radius 3 is 2.22 bits per heavy atom. The summed E-state index contributed by atoms with van der Waals surface area (Å²) in [6, 6.07) is -2.29. The molecule has 1 fully saturated rings. The maximum atomic E-state index is 11.3. The van der Waals surface area contributed by atoms with Crippen molar-refractivity contribution in [3.63, 3.8) is 0 Å². The van der Waals surface area contributed by atoms with Gasteiger partial charge in [0.25, 0.3) is 5.79 Å². The van der Waals surface area contributed by atoms with Crippen LogP contribution < -0.4 is 10.6 Å². The minimum Gasteiger partial charge on any atom is -0.477 e. The second kappa shape index (κ2) is 7.21. The monoisotopic (exact) mass is 334 g/mol. The van der Waals surface area contributed by atoms with E-state index in [0.29, 0.717) is 0 Å². The SMILES string of the molecule is CC(=O)N[C@H]([C@@H]1OC(O)(C(=O)O)C[C@@H](O)[C@@H]1NC(C)=O)[C@H](C)O. The van der Waals surface area contributed by atoms with Gasteiger partial charge < -0.3 is 35.8 Å². The van der Waals surface area contributed by atoms with Gasteiger partial charge in [0.2, 0.25) is 11.8 Å². The second-order valence-corrected chi connectivity index (χ2v) is 5.64. The van der Waals surface area contributed by atoms with E-state index in [1.165, 1.54) is 20.8 Å². The predicted molar refractivity (Wildman–Crippen MR) is 75.0 cm³/mol. The van der Waals surface area contributed by atoms with Crippen LogP contribution in [0.5, 0.6) is 0 Å². The molecule has 0 saturated carbocycles. The van der Waals surface area contributed by atoms with Gasteiger partial charge in [-0.05, 0) is 6.92 Å². The smallest absolute Gasteiger partial charge is 0.364 e. The number of hydrogen-bond donors (Lipinski definition) is 6. The minimum atomic E-state index is -2.70. The van der Waals surface area contributed by atoms with Crippen LogP contribution in [0.1, 0.15) is 27.2 Å². The molecule has 2 amide bonds. The van der Waals surface area contributed by atoms with Crippen LogP contribution in [0.2, 0.25) is 0 Å². The third-order valence-corrected chi connectivity index (χ3v) is 3.53. The largest absolute Gasteiger partial charge is 0.477 e. The fourth-order valence-electron chi connectivity index (χ4n) is 2.54. The highest BCUT2D eigenvalue weighted by Gasteiger charge is 2.53. The van der Waals surface area contributed by atoms with Crippen LogP contribution in [0.4, 0.5) is 0 Å². The number of rotatable bonds is 5. The highest BCUT2D eigenvalue weighted by atomic mass is 16.7. The Hall–Kier alpha value is -1.75. The number of carbonyl (C=O) groups excluding carboxylic acids is 2. The van der Waals surface area contributed by atoms with Gasteiger partial charge in [-0.2, -0.15) is 0 Å². The van der Waals surface area contributed by atoms with E-state index in [4.69, 9.17) is 9.84 Å². The number of aliphatic hydroxyl groups is 3. The lowest BCUT2D eigenvalue weighted by Gasteiger charge is -2.45. The van der Waals surface area contributed by atoms with Crippen LogP contribution in [-0.2, 0) is 19.1 Å². The summed E-state index contributed by atoms with van der Waals surface area (Å²) < 4.78 is 5.15. The van der Waals surface area contributed by atoms with Crippen molar-refractivity contribution in [1.82, 2.24) is 10.6 Å². The van der Waals surface area contributed by atoms with E-state index in [0.717, 1.165) is 0 Å². The van der Waals surface area contributed by atoms with Crippen LogP contribution in [0.15, 0.2) is 0 Å². The first-order chi connectivity index (χ1) is 10.5. The molecule has 10 nitrogen and oxygen atoms in total. The highest BCUT2D eigenvalue weighted by Crippen LogP contribution is 2.30. The van der Waals surface area contributed by atoms with Crippen molar-refractivity contribution in [3.8, 4) is 0 Å². The van der Waals surface area contributed by atoms with Gasteiger partial charge in [0, 0.05) is 20.3 Å². The first kappa shape index (κ1) is 19.3. The second-order valence-electron chi connectivity index (χ2n) is 5.64. The highest BCUT2D eigenvalue weighted by molar-refractivity contribution is 5.76. The van der Waals surface area contributed by atoms with E-state index in [9.17, 15) is 29.7 Å². The molecule has 1 unspecified atom stereocenters. The summed E-state index contributed by atoms with van der Waals surface area (Å²) in [5.74, 6) is -5.50. The summed E-state index contributed by atoms with van der Waals surface area (Å²) >= 11 is 0. The van der Waals surface area contributed by atoms with Crippen LogP contribution >= 0.6 is 0 Å². The molecule has 1 heterocycles. The summed E-state index contributed by atoms with van der Waals surface area (Å²) in [5, 5.41) is 43.8. The lowest BCUT2D eigenvalue weighted by molar-refractivity contribution is -0.283. The Balaban J connectivity index is 3.21. The number of amides is 2. The molecule has 0 bridgehead atoms. The third-order valence-electron chi connectivity index (χ3n) is 3.53. The summed E-state index contributed by atoms with van der Waals surface area (Å²) in [6.07, 6.45) is -4.72. The Bertz CT molecular complexity index is 465. The lowest BCUT2D eigenvalue weighted by atomic mass is 9.87. The van der Waals surface area contributed by atoms with E-state index >= 15 is 0 Å². The van der Waals surface area contributed by atoms with Gasteiger partial charge in [-0.15, -0.1) is 0 Å². The zero-order valence-electron chi connectivity index (χ0n) is 13.0. The van der Waals surface area contributed by atoms with Crippen molar-refractivity contribution in [3.05, 3.63) is 0 Å². The van der Waals surface area contributed by atoms with Crippen LogP contribution in [0.3, 0.4) is 0 Å². The van der Waals surface area contributed by atoms with Crippen molar-refractivity contribution in [2.45, 2.75) is 63.4 Å². The molecular weight excluding hydrogens is 312 g/mol. The molecule has 0 radical (unpaired) electrons. The van der Waals surface area contributed by atoms with Gasteiger partial charge in [-0.1, -0.05) is 0 Å². The average molecular weight is 334 g/mol. The van der Waals surface area contributed by atoms with Crippen molar-refractivity contribution < 1.29 is 39.5 Å². The molecule has 1 rings (SSSR count). The van der Waals surface area contributed by atoms with Crippen LogP contribution in [0, 0.1) is 0 Å². The summed E-state index contributed by atoms with van der Waals surface area (Å²) in [4.78, 5) is 33.8. The summed E-state index contributed by atoms with van der Waals surface area (Å²) in [5.41, 5.74) is 0. The van der Waals surface area contributed by atoms with Crippen LogP contribution in [-0.4, -0.2) is 74.4 Å². The number of hydrogen-bond acceptors (Lipinski definition) is 7. The topological polar surface area (TPSA) is 165 Å². The molecule has 132 valence electrons. The Labute approximate surface area is 132 Å². The van der Waals surface area contributed by atoms with Gasteiger partial charge in [-0.3, -0.25) is 9.59 Å². The van der Waals surface area contributed by atoms with E-state index in [1.54, 1.807) is 0 Å². The molecule has 23 heavy (non-hydrogen) atoms. The molecule has 0 spiro atoms.